The Labute approximate surface area is 92.8 Å². The number of nitro benzene ring substituents is 1. The molecule has 1 unspecified atom stereocenters. The first-order valence-corrected chi connectivity index (χ1v) is 4.80. The third-order valence-electron chi connectivity index (χ3n) is 2.07. The first-order valence-electron chi connectivity index (χ1n) is 4.80. The molecule has 0 radical (unpaired) electrons. The van der Waals surface area contributed by atoms with Crippen LogP contribution in [-0.4, -0.2) is 29.3 Å². The molecule has 88 valence electrons. The average Bonchev–Trinajstić information content (AvgIpc) is 2.26. The van der Waals surface area contributed by atoms with Crippen LogP contribution in [0.2, 0.25) is 0 Å². The van der Waals surface area contributed by atoms with Crippen molar-refractivity contribution in [1.82, 2.24) is 0 Å². The molecular weight excluding hydrogens is 212 g/mol. The fourth-order valence-corrected chi connectivity index (χ4v) is 1.16. The van der Waals surface area contributed by atoms with Gasteiger partial charge >= 0.3 is 0 Å². The highest BCUT2D eigenvalue weighted by molar-refractivity contribution is 5.42. The predicted octanol–water partition coefficient (Wildman–Crippen LogP) is 0.602. The Bertz CT molecular complexity index is 381. The molecule has 6 nitrogen and oxygen atoms in total. The quantitative estimate of drug-likeness (QED) is 0.566. The molecular formula is C10H14N2O4. The van der Waals surface area contributed by atoms with Crippen molar-refractivity contribution in [2.75, 3.05) is 13.2 Å². The summed E-state index contributed by atoms with van der Waals surface area (Å²) in [7, 11) is 0. The maximum absolute atomic E-state index is 10.5. The lowest BCUT2D eigenvalue weighted by Gasteiger charge is -2.11. The van der Waals surface area contributed by atoms with Gasteiger partial charge in [-0.2, -0.15) is 0 Å². The summed E-state index contributed by atoms with van der Waals surface area (Å²) in [6, 6.07) is 4.29. The first-order chi connectivity index (χ1) is 7.54. The van der Waals surface area contributed by atoms with E-state index in [9.17, 15) is 15.2 Å². The van der Waals surface area contributed by atoms with E-state index in [1.165, 1.54) is 18.2 Å². The number of benzene rings is 1. The normalized spacial score (nSPS) is 12.2. The topological polar surface area (TPSA) is 98.6 Å². The minimum atomic E-state index is -0.727. The van der Waals surface area contributed by atoms with Gasteiger partial charge in [0.1, 0.15) is 18.5 Å². The molecule has 0 saturated heterocycles. The molecule has 0 aliphatic carbocycles. The Balaban J connectivity index is 2.72. The Morgan fingerprint density at radius 3 is 2.81 bits per heavy atom. The molecule has 0 fully saturated rings. The van der Waals surface area contributed by atoms with Gasteiger partial charge in [-0.3, -0.25) is 10.1 Å². The largest absolute Gasteiger partial charge is 0.491 e. The van der Waals surface area contributed by atoms with E-state index >= 15 is 0 Å². The second kappa shape index (κ2) is 5.43. The van der Waals surface area contributed by atoms with Crippen LogP contribution in [0.3, 0.4) is 0 Å². The molecule has 0 spiro atoms. The summed E-state index contributed by atoms with van der Waals surface area (Å²) >= 11 is 0. The van der Waals surface area contributed by atoms with E-state index in [0.29, 0.717) is 11.3 Å². The van der Waals surface area contributed by atoms with E-state index in [1.807, 2.05) is 0 Å². The zero-order chi connectivity index (χ0) is 12.1. The number of non-ortho nitro benzene ring substituents is 1. The molecule has 1 atom stereocenters. The molecule has 0 aliphatic heterocycles. The lowest BCUT2D eigenvalue weighted by molar-refractivity contribution is -0.384. The van der Waals surface area contributed by atoms with Crippen LogP contribution in [0.15, 0.2) is 18.2 Å². The summed E-state index contributed by atoms with van der Waals surface area (Å²) in [5.41, 5.74) is 5.89. The Kier molecular flexibility index (Phi) is 4.21. The van der Waals surface area contributed by atoms with E-state index in [4.69, 9.17) is 10.5 Å². The van der Waals surface area contributed by atoms with Crippen LogP contribution >= 0.6 is 0 Å². The van der Waals surface area contributed by atoms with Crippen molar-refractivity contribution in [2.24, 2.45) is 5.73 Å². The van der Waals surface area contributed by atoms with Crippen LogP contribution in [0, 0.1) is 17.0 Å². The van der Waals surface area contributed by atoms with Crippen LogP contribution in [-0.2, 0) is 0 Å². The molecule has 1 aromatic carbocycles. The van der Waals surface area contributed by atoms with Gasteiger partial charge in [-0.1, -0.05) is 0 Å². The van der Waals surface area contributed by atoms with Crippen molar-refractivity contribution < 1.29 is 14.8 Å². The second-order valence-corrected chi connectivity index (χ2v) is 3.41. The lowest BCUT2D eigenvalue weighted by atomic mass is 10.2. The van der Waals surface area contributed by atoms with E-state index in [2.05, 4.69) is 0 Å². The molecule has 16 heavy (non-hydrogen) atoms. The highest BCUT2D eigenvalue weighted by atomic mass is 16.6. The number of hydrogen-bond donors (Lipinski definition) is 2. The van der Waals surface area contributed by atoms with Crippen LogP contribution < -0.4 is 10.5 Å². The first kappa shape index (κ1) is 12.4. The Morgan fingerprint density at radius 2 is 2.31 bits per heavy atom. The Hall–Kier alpha value is -1.66. The highest BCUT2D eigenvalue weighted by Crippen LogP contribution is 2.23. The number of nitrogens with two attached hydrogens (primary N) is 1. The standard InChI is InChI=1S/C10H14N2O4/c1-7-4-8(12(14)15)2-3-10(7)16-6-9(13)5-11/h2-4,9,13H,5-6,11H2,1H3. The smallest absolute Gasteiger partial charge is 0.269 e. The summed E-state index contributed by atoms with van der Waals surface area (Å²) in [5, 5.41) is 19.7. The molecule has 0 amide bonds. The zero-order valence-corrected chi connectivity index (χ0v) is 8.92. The van der Waals surface area contributed by atoms with Crippen LogP contribution in [0.4, 0.5) is 5.69 Å². The van der Waals surface area contributed by atoms with Gasteiger partial charge in [-0.05, 0) is 18.6 Å². The lowest BCUT2D eigenvalue weighted by Crippen LogP contribution is -2.26. The average molecular weight is 226 g/mol. The number of hydrogen-bond acceptors (Lipinski definition) is 5. The number of rotatable bonds is 5. The summed E-state index contributed by atoms with van der Waals surface area (Å²) in [4.78, 5) is 10.0. The molecule has 0 bridgehead atoms. The van der Waals surface area contributed by atoms with Crippen molar-refractivity contribution in [3.8, 4) is 5.75 Å². The molecule has 0 saturated carbocycles. The van der Waals surface area contributed by atoms with Crippen LogP contribution in [0.5, 0.6) is 5.75 Å². The van der Waals surface area contributed by atoms with Crippen molar-refractivity contribution in [2.45, 2.75) is 13.0 Å². The predicted molar refractivity (Wildman–Crippen MR) is 58.4 cm³/mol. The SMILES string of the molecule is Cc1cc([N+](=O)[O-])ccc1OCC(O)CN. The number of ether oxygens (including phenoxy) is 1. The summed E-state index contributed by atoms with van der Waals surface area (Å²) in [6.07, 6.45) is -0.727. The summed E-state index contributed by atoms with van der Waals surface area (Å²) < 4.78 is 5.27. The summed E-state index contributed by atoms with van der Waals surface area (Å²) in [5.74, 6) is 0.512. The van der Waals surface area contributed by atoms with E-state index in [1.54, 1.807) is 6.92 Å². The minimum absolute atomic E-state index is 0.0178. The number of aliphatic hydroxyl groups excluding tert-OH is 1. The molecule has 6 heteroatoms. The van der Waals surface area contributed by atoms with Gasteiger partial charge in [0, 0.05) is 18.7 Å². The van der Waals surface area contributed by atoms with Crippen LogP contribution in [0.25, 0.3) is 0 Å². The van der Waals surface area contributed by atoms with Gasteiger partial charge in [0.25, 0.3) is 5.69 Å². The van der Waals surface area contributed by atoms with Crippen LogP contribution in [0.1, 0.15) is 5.56 Å². The molecule has 0 aliphatic rings. The number of nitro groups is 1. The minimum Gasteiger partial charge on any atom is -0.491 e. The molecule has 1 aromatic rings. The molecule has 0 aromatic heterocycles. The zero-order valence-electron chi connectivity index (χ0n) is 8.92. The second-order valence-electron chi connectivity index (χ2n) is 3.41. The van der Waals surface area contributed by atoms with E-state index in [0.717, 1.165) is 0 Å². The number of aliphatic hydroxyl groups is 1. The van der Waals surface area contributed by atoms with E-state index < -0.39 is 11.0 Å². The highest BCUT2D eigenvalue weighted by Gasteiger charge is 2.09. The van der Waals surface area contributed by atoms with Crippen molar-refractivity contribution in [3.05, 3.63) is 33.9 Å². The Morgan fingerprint density at radius 1 is 1.62 bits per heavy atom. The van der Waals surface area contributed by atoms with Gasteiger partial charge < -0.3 is 15.6 Å². The van der Waals surface area contributed by atoms with E-state index in [-0.39, 0.29) is 18.8 Å². The van der Waals surface area contributed by atoms with Gasteiger partial charge in [0.15, 0.2) is 0 Å². The summed E-state index contributed by atoms with van der Waals surface area (Å²) in [6.45, 7) is 1.90. The van der Waals surface area contributed by atoms with Gasteiger partial charge in [0.2, 0.25) is 0 Å². The van der Waals surface area contributed by atoms with Crippen molar-refractivity contribution in [3.63, 3.8) is 0 Å². The van der Waals surface area contributed by atoms with Gasteiger partial charge in [0.05, 0.1) is 4.92 Å². The fourth-order valence-electron chi connectivity index (χ4n) is 1.16. The van der Waals surface area contributed by atoms with Crippen molar-refractivity contribution in [1.29, 1.82) is 0 Å². The maximum Gasteiger partial charge on any atom is 0.269 e. The molecule has 1 rings (SSSR count). The van der Waals surface area contributed by atoms with Gasteiger partial charge in [-0.15, -0.1) is 0 Å². The maximum atomic E-state index is 10.5. The third kappa shape index (κ3) is 3.18. The molecule has 0 heterocycles. The van der Waals surface area contributed by atoms with Gasteiger partial charge in [-0.25, -0.2) is 0 Å². The fraction of sp³-hybridized carbons (Fsp3) is 0.400. The monoisotopic (exact) mass is 226 g/mol. The third-order valence-corrected chi connectivity index (χ3v) is 2.07. The van der Waals surface area contributed by atoms with Crippen molar-refractivity contribution >= 4 is 5.69 Å². The number of aryl methyl sites for hydroxylation is 1. The molecule has 3 N–H and O–H groups in total. The number of nitrogens with zero attached hydrogens (tertiary/aromatic N) is 1.